The van der Waals surface area contributed by atoms with Crippen LogP contribution in [-0.2, 0) is 9.53 Å². The molecule has 3 rings (SSSR count). The monoisotopic (exact) mass is 341 g/mol. The molecule has 8 nitrogen and oxygen atoms in total. The molecule has 0 saturated heterocycles. The van der Waals surface area contributed by atoms with Gasteiger partial charge in [-0.1, -0.05) is 0 Å². The second-order valence-electron chi connectivity index (χ2n) is 5.06. The van der Waals surface area contributed by atoms with Crippen molar-refractivity contribution in [3.05, 3.63) is 48.7 Å². The minimum atomic E-state index is -0.639. The number of hydrogen-bond donors (Lipinski definition) is 2. The Morgan fingerprint density at radius 1 is 1.16 bits per heavy atom. The number of benzene rings is 2. The van der Waals surface area contributed by atoms with Crippen LogP contribution in [0.3, 0.4) is 0 Å². The summed E-state index contributed by atoms with van der Waals surface area (Å²) in [5, 5.41) is 27.8. The van der Waals surface area contributed by atoms with Crippen LogP contribution < -0.4 is 4.74 Å². The summed E-state index contributed by atoms with van der Waals surface area (Å²) in [6.45, 7) is 5.44. The van der Waals surface area contributed by atoms with Crippen LogP contribution in [0.2, 0.25) is 0 Å². The predicted molar refractivity (Wildman–Crippen MR) is 88.6 cm³/mol. The number of aromatic hydroxyl groups is 2. The van der Waals surface area contributed by atoms with Crippen molar-refractivity contribution in [2.45, 2.75) is 6.92 Å². The molecule has 0 bridgehead atoms. The van der Waals surface area contributed by atoms with Crippen molar-refractivity contribution in [3.63, 3.8) is 0 Å². The fourth-order valence-electron chi connectivity index (χ4n) is 2.14. The molecule has 0 amide bonds. The van der Waals surface area contributed by atoms with Crippen molar-refractivity contribution in [1.29, 1.82) is 0 Å². The molecule has 0 atom stereocenters. The zero-order valence-corrected chi connectivity index (χ0v) is 13.3. The van der Waals surface area contributed by atoms with Crippen LogP contribution in [0.15, 0.2) is 48.7 Å². The first kappa shape index (κ1) is 16.3. The molecule has 0 fully saturated rings. The molecule has 2 N–H and O–H groups in total. The summed E-state index contributed by atoms with van der Waals surface area (Å²) in [7, 11) is 0. The minimum Gasteiger partial charge on any atom is -0.508 e. The van der Waals surface area contributed by atoms with E-state index in [0.717, 1.165) is 0 Å². The topological polar surface area (TPSA) is 107 Å². The minimum absolute atomic E-state index is 0.0638. The van der Waals surface area contributed by atoms with Crippen LogP contribution in [0.4, 0.5) is 0 Å². The maximum atomic E-state index is 11.5. The van der Waals surface area contributed by atoms with E-state index < -0.39 is 5.97 Å². The molecule has 0 spiro atoms. The van der Waals surface area contributed by atoms with Gasteiger partial charge in [-0.15, -0.1) is 15.0 Å². The molecule has 3 aromatic rings. The number of fused-ring (bicyclic) bond motifs is 1. The van der Waals surface area contributed by atoms with Gasteiger partial charge in [-0.2, -0.15) is 0 Å². The summed E-state index contributed by atoms with van der Waals surface area (Å²) in [6, 6.07) is 8.96. The van der Waals surface area contributed by atoms with E-state index in [-0.39, 0.29) is 23.9 Å². The normalized spacial score (nSPS) is 10.6. The number of hydrogen-bond acceptors (Lipinski definition) is 7. The van der Waals surface area contributed by atoms with Gasteiger partial charge in [0.1, 0.15) is 34.0 Å². The van der Waals surface area contributed by atoms with E-state index in [2.05, 4.69) is 16.8 Å². The Hall–Kier alpha value is -3.55. The van der Waals surface area contributed by atoms with Crippen molar-refractivity contribution in [2.75, 3.05) is 6.61 Å². The number of nitrogens with zero attached hydrogens (tertiary/aromatic N) is 3. The molecule has 0 saturated carbocycles. The predicted octanol–water partition coefficient (Wildman–Crippen LogP) is 2.29. The number of carbonyl (C=O) groups is 1. The Balaban J connectivity index is 1.89. The molecule has 0 aliphatic heterocycles. The van der Waals surface area contributed by atoms with Gasteiger partial charge in [0.25, 0.3) is 0 Å². The van der Waals surface area contributed by atoms with Crippen molar-refractivity contribution >= 4 is 17.0 Å². The number of phenolic OH excluding ortho intramolecular Hbond substituents is 2. The standard InChI is InChI=1S/C17H15N3O5/c1-3-24-17(23)10(2)25-12-5-6-13-14(9-12)19-20(18-13)15-7-4-11(21)8-16(15)22/h4-9,21-22H,2-3H2,1H3. The van der Waals surface area contributed by atoms with E-state index in [0.29, 0.717) is 22.5 Å². The first-order valence-corrected chi connectivity index (χ1v) is 7.41. The van der Waals surface area contributed by atoms with Crippen LogP contribution in [-0.4, -0.2) is 37.8 Å². The Bertz CT molecular complexity index is 964. The highest BCUT2D eigenvalue weighted by Crippen LogP contribution is 2.27. The largest absolute Gasteiger partial charge is 0.508 e. The zero-order valence-electron chi connectivity index (χ0n) is 13.3. The Kier molecular flexibility index (Phi) is 4.25. The summed E-state index contributed by atoms with van der Waals surface area (Å²) in [5.41, 5.74) is 1.36. The first-order valence-electron chi connectivity index (χ1n) is 7.41. The van der Waals surface area contributed by atoms with Gasteiger partial charge in [-0.3, -0.25) is 0 Å². The Morgan fingerprint density at radius 3 is 2.64 bits per heavy atom. The molecule has 0 unspecified atom stereocenters. The van der Waals surface area contributed by atoms with Crippen LogP contribution in [0, 0.1) is 0 Å². The van der Waals surface area contributed by atoms with Crippen molar-refractivity contribution in [2.24, 2.45) is 0 Å². The Labute approximate surface area is 142 Å². The molecule has 1 aromatic heterocycles. The molecule has 0 aliphatic rings. The third kappa shape index (κ3) is 3.37. The fraction of sp³-hybridized carbons (Fsp3) is 0.118. The lowest BCUT2D eigenvalue weighted by molar-refractivity contribution is -0.140. The molecular weight excluding hydrogens is 326 g/mol. The number of esters is 1. The van der Waals surface area contributed by atoms with E-state index in [1.165, 1.54) is 23.0 Å². The molecule has 0 aliphatic carbocycles. The van der Waals surface area contributed by atoms with E-state index >= 15 is 0 Å². The maximum absolute atomic E-state index is 11.5. The summed E-state index contributed by atoms with van der Waals surface area (Å²) in [4.78, 5) is 12.8. The molecule has 8 heteroatoms. The van der Waals surface area contributed by atoms with E-state index in [1.807, 2.05) is 0 Å². The first-order chi connectivity index (χ1) is 12.0. The highest BCUT2D eigenvalue weighted by Gasteiger charge is 2.13. The summed E-state index contributed by atoms with van der Waals surface area (Å²) in [6.07, 6.45) is 0. The van der Waals surface area contributed by atoms with E-state index in [9.17, 15) is 15.0 Å². The van der Waals surface area contributed by atoms with Gasteiger partial charge in [0.2, 0.25) is 5.76 Å². The molecule has 128 valence electrons. The van der Waals surface area contributed by atoms with Gasteiger partial charge in [0.05, 0.1) is 6.61 Å². The van der Waals surface area contributed by atoms with E-state index in [4.69, 9.17) is 9.47 Å². The van der Waals surface area contributed by atoms with Crippen LogP contribution in [0.1, 0.15) is 6.92 Å². The Morgan fingerprint density at radius 2 is 1.92 bits per heavy atom. The van der Waals surface area contributed by atoms with Crippen molar-refractivity contribution < 1.29 is 24.5 Å². The van der Waals surface area contributed by atoms with Gasteiger partial charge in [-0.05, 0) is 37.8 Å². The van der Waals surface area contributed by atoms with Gasteiger partial charge in [0.15, 0.2) is 0 Å². The number of rotatable bonds is 5. The lowest BCUT2D eigenvalue weighted by Gasteiger charge is -2.07. The lowest BCUT2D eigenvalue weighted by atomic mass is 10.3. The maximum Gasteiger partial charge on any atom is 0.373 e. The summed E-state index contributed by atoms with van der Waals surface area (Å²) in [5.74, 6) is -0.642. The second-order valence-corrected chi connectivity index (χ2v) is 5.06. The van der Waals surface area contributed by atoms with Crippen LogP contribution >= 0.6 is 0 Å². The number of ether oxygens (including phenoxy) is 2. The number of phenols is 2. The zero-order chi connectivity index (χ0) is 18.0. The highest BCUT2D eigenvalue weighted by molar-refractivity contribution is 5.86. The summed E-state index contributed by atoms with van der Waals surface area (Å²) < 4.78 is 10.2. The SMILES string of the molecule is C=C(Oc1ccc2nn(-c3ccc(O)cc3O)nc2c1)C(=O)OCC. The molecule has 1 heterocycles. The summed E-state index contributed by atoms with van der Waals surface area (Å²) >= 11 is 0. The molecule has 25 heavy (non-hydrogen) atoms. The van der Waals surface area contributed by atoms with Crippen LogP contribution in [0.5, 0.6) is 17.2 Å². The van der Waals surface area contributed by atoms with Crippen molar-refractivity contribution in [3.8, 4) is 22.9 Å². The molecule has 2 aromatic carbocycles. The van der Waals surface area contributed by atoms with Crippen molar-refractivity contribution in [1.82, 2.24) is 15.0 Å². The van der Waals surface area contributed by atoms with Crippen LogP contribution in [0.25, 0.3) is 16.7 Å². The van der Waals surface area contributed by atoms with Gasteiger partial charge in [-0.25, -0.2) is 4.79 Å². The molecular formula is C17H15N3O5. The average Bonchev–Trinajstić information content (AvgIpc) is 2.97. The van der Waals surface area contributed by atoms with Gasteiger partial charge in [0, 0.05) is 12.1 Å². The molecule has 0 radical (unpaired) electrons. The third-order valence-corrected chi connectivity index (χ3v) is 3.27. The van der Waals surface area contributed by atoms with E-state index in [1.54, 1.807) is 25.1 Å². The van der Waals surface area contributed by atoms with Gasteiger partial charge >= 0.3 is 5.97 Å². The second kappa shape index (κ2) is 6.52. The quantitative estimate of drug-likeness (QED) is 0.416. The average molecular weight is 341 g/mol. The lowest BCUT2D eigenvalue weighted by Crippen LogP contribution is -2.11. The number of aromatic nitrogens is 3. The third-order valence-electron chi connectivity index (χ3n) is 3.27. The number of carbonyl (C=O) groups excluding carboxylic acids is 1. The highest BCUT2D eigenvalue weighted by atomic mass is 16.6. The smallest absolute Gasteiger partial charge is 0.373 e. The fourth-order valence-corrected chi connectivity index (χ4v) is 2.14. The van der Waals surface area contributed by atoms with Gasteiger partial charge < -0.3 is 19.7 Å².